The number of hydrogen-bond donors (Lipinski definition) is 2. The van der Waals surface area contributed by atoms with Gasteiger partial charge in [0.25, 0.3) is 5.91 Å². The number of halogens is 4. The highest BCUT2D eigenvalue weighted by molar-refractivity contribution is 6.08. The first-order valence-electron chi connectivity index (χ1n) is 6.79. The first-order valence-corrected chi connectivity index (χ1v) is 6.79. The summed E-state index contributed by atoms with van der Waals surface area (Å²) in [6, 6.07) is 5.31. The monoisotopic (exact) mass is 356 g/mol. The molecule has 25 heavy (non-hydrogen) atoms. The molecule has 0 saturated carbocycles. The Bertz CT molecular complexity index is 835. The fourth-order valence-electron chi connectivity index (χ4n) is 2.03. The second-order valence-corrected chi connectivity index (χ2v) is 4.93. The molecule has 2 rings (SSSR count). The Kier molecular flexibility index (Phi) is 4.96. The number of amides is 2. The number of alkyl halides is 3. The van der Waals surface area contributed by atoms with Crippen molar-refractivity contribution < 1.29 is 31.9 Å². The van der Waals surface area contributed by atoms with Crippen LogP contribution in [0.15, 0.2) is 36.4 Å². The van der Waals surface area contributed by atoms with Gasteiger partial charge in [-0.15, -0.1) is 0 Å². The first kappa shape index (κ1) is 18.2. The van der Waals surface area contributed by atoms with Gasteiger partial charge in [-0.3, -0.25) is 9.59 Å². The standard InChI is InChI=1S/C16H12F4N2O3/c1-25-13-5-2-8(14(21)23)6-10(13)15(24)22-12-7-9(16(18,19)20)3-4-11(12)17/h2-7H,1H3,(H2,21,23)(H,22,24). The molecule has 2 amide bonds. The van der Waals surface area contributed by atoms with Crippen molar-refractivity contribution in [2.45, 2.75) is 6.18 Å². The van der Waals surface area contributed by atoms with Crippen molar-refractivity contribution in [3.05, 3.63) is 58.9 Å². The number of rotatable bonds is 4. The van der Waals surface area contributed by atoms with Gasteiger partial charge in [0, 0.05) is 5.56 Å². The normalized spacial score (nSPS) is 11.1. The molecule has 0 heterocycles. The van der Waals surface area contributed by atoms with Crippen molar-refractivity contribution in [3.63, 3.8) is 0 Å². The second-order valence-electron chi connectivity index (χ2n) is 4.93. The molecular weight excluding hydrogens is 344 g/mol. The largest absolute Gasteiger partial charge is 0.496 e. The number of benzene rings is 2. The van der Waals surface area contributed by atoms with E-state index in [0.29, 0.717) is 18.2 Å². The molecule has 0 spiro atoms. The van der Waals surface area contributed by atoms with Crippen LogP contribution < -0.4 is 15.8 Å². The highest BCUT2D eigenvalue weighted by Crippen LogP contribution is 2.32. The van der Waals surface area contributed by atoms with Gasteiger partial charge in [0.1, 0.15) is 11.6 Å². The Morgan fingerprint density at radius 3 is 2.36 bits per heavy atom. The van der Waals surface area contributed by atoms with Crippen molar-refractivity contribution in [3.8, 4) is 5.75 Å². The predicted molar refractivity (Wildman–Crippen MR) is 80.9 cm³/mol. The predicted octanol–water partition coefficient (Wildman–Crippen LogP) is 3.20. The molecule has 0 saturated heterocycles. The van der Waals surface area contributed by atoms with Crippen LogP contribution in [-0.2, 0) is 6.18 Å². The van der Waals surface area contributed by atoms with Crippen molar-refractivity contribution in [1.82, 2.24) is 0 Å². The molecular formula is C16H12F4N2O3. The Morgan fingerprint density at radius 1 is 1.12 bits per heavy atom. The third kappa shape index (κ3) is 4.06. The summed E-state index contributed by atoms with van der Waals surface area (Å²) >= 11 is 0. The van der Waals surface area contributed by atoms with Gasteiger partial charge in [-0.05, 0) is 36.4 Å². The van der Waals surface area contributed by atoms with Gasteiger partial charge >= 0.3 is 6.18 Å². The lowest BCUT2D eigenvalue weighted by Gasteiger charge is -2.13. The molecule has 5 nitrogen and oxygen atoms in total. The van der Waals surface area contributed by atoms with Gasteiger partial charge in [-0.25, -0.2) is 4.39 Å². The lowest BCUT2D eigenvalue weighted by Crippen LogP contribution is -2.17. The van der Waals surface area contributed by atoms with Crippen molar-refractivity contribution in [1.29, 1.82) is 0 Å². The van der Waals surface area contributed by atoms with Crippen LogP contribution in [0.5, 0.6) is 5.75 Å². The van der Waals surface area contributed by atoms with Crippen molar-refractivity contribution in [2.24, 2.45) is 5.73 Å². The average molecular weight is 356 g/mol. The number of primary amides is 1. The lowest BCUT2D eigenvalue weighted by atomic mass is 10.1. The average Bonchev–Trinajstić information content (AvgIpc) is 2.55. The zero-order chi connectivity index (χ0) is 18.8. The lowest BCUT2D eigenvalue weighted by molar-refractivity contribution is -0.137. The minimum atomic E-state index is -4.70. The number of methoxy groups -OCH3 is 1. The van der Waals surface area contributed by atoms with E-state index in [4.69, 9.17) is 10.5 Å². The SMILES string of the molecule is COc1ccc(C(N)=O)cc1C(=O)Nc1cc(C(F)(F)F)ccc1F. The highest BCUT2D eigenvalue weighted by atomic mass is 19.4. The number of ether oxygens (including phenoxy) is 1. The molecule has 3 N–H and O–H groups in total. The summed E-state index contributed by atoms with van der Waals surface area (Å²) in [4.78, 5) is 23.5. The maximum Gasteiger partial charge on any atom is 0.416 e. The first-order chi connectivity index (χ1) is 11.6. The summed E-state index contributed by atoms with van der Waals surface area (Å²) in [5.74, 6) is -2.79. The topological polar surface area (TPSA) is 81.4 Å². The van der Waals surface area contributed by atoms with Crippen LogP contribution in [0.25, 0.3) is 0 Å². The summed E-state index contributed by atoms with van der Waals surface area (Å²) in [5, 5.41) is 2.03. The smallest absolute Gasteiger partial charge is 0.416 e. The minimum absolute atomic E-state index is 0.0181. The highest BCUT2D eigenvalue weighted by Gasteiger charge is 2.31. The van der Waals surface area contributed by atoms with Crippen LogP contribution in [0.1, 0.15) is 26.3 Å². The molecule has 2 aromatic rings. The van der Waals surface area contributed by atoms with Gasteiger partial charge in [0.2, 0.25) is 5.91 Å². The molecule has 0 unspecified atom stereocenters. The van der Waals surface area contributed by atoms with Crippen LogP contribution in [-0.4, -0.2) is 18.9 Å². The Hall–Kier alpha value is -3.10. The van der Waals surface area contributed by atoms with E-state index in [1.165, 1.54) is 19.2 Å². The summed E-state index contributed by atoms with van der Waals surface area (Å²) < 4.78 is 56.8. The molecule has 9 heteroatoms. The molecule has 0 bridgehead atoms. The number of nitrogens with one attached hydrogen (secondary N) is 1. The van der Waals surface area contributed by atoms with Crippen molar-refractivity contribution in [2.75, 3.05) is 12.4 Å². The Morgan fingerprint density at radius 2 is 1.80 bits per heavy atom. The van der Waals surface area contributed by atoms with Gasteiger partial charge in [-0.2, -0.15) is 13.2 Å². The van der Waals surface area contributed by atoms with E-state index in [2.05, 4.69) is 0 Å². The van der Waals surface area contributed by atoms with Crippen molar-refractivity contribution >= 4 is 17.5 Å². The molecule has 132 valence electrons. The Labute approximate surface area is 139 Å². The quantitative estimate of drug-likeness (QED) is 0.826. The molecule has 0 aromatic heterocycles. The van der Waals surface area contributed by atoms with Gasteiger partial charge < -0.3 is 15.8 Å². The van der Waals surface area contributed by atoms with E-state index >= 15 is 0 Å². The number of anilines is 1. The molecule has 0 aliphatic heterocycles. The van der Waals surface area contributed by atoms with Crippen LogP contribution >= 0.6 is 0 Å². The second kappa shape index (κ2) is 6.80. The maximum absolute atomic E-state index is 13.7. The third-order valence-corrected chi connectivity index (χ3v) is 3.27. The zero-order valence-electron chi connectivity index (χ0n) is 12.8. The minimum Gasteiger partial charge on any atom is -0.496 e. The summed E-state index contributed by atoms with van der Waals surface area (Å²) in [5.41, 5.74) is 3.14. The van der Waals surface area contributed by atoms with E-state index in [9.17, 15) is 27.2 Å². The number of hydrogen-bond acceptors (Lipinski definition) is 3. The molecule has 0 aliphatic rings. The van der Waals surface area contributed by atoms with Gasteiger partial charge in [-0.1, -0.05) is 0 Å². The van der Waals surface area contributed by atoms with E-state index in [1.807, 2.05) is 5.32 Å². The van der Waals surface area contributed by atoms with E-state index in [0.717, 1.165) is 6.07 Å². The number of nitrogens with two attached hydrogens (primary N) is 1. The third-order valence-electron chi connectivity index (χ3n) is 3.27. The zero-order valence-corrected chi connectivity index (χ0v) is 12.8. The molecule has 0 aliphatic carbocycles. The van der Waals surface area contributed by atoms with Crippen LogP contribution in [0.2, 0.25) is 0 Å². The molecule has 0 fully saturated rings. The van der Waals surface area contributed by atoms with Crippen LogP contribution in [0.3, 0.4) is 0 Å². The number of carbonyl (C=O) groups is 2. The fourth-order valence-corrected chi connectivity index (χ4v) is 2.03. The molecule has 0 radical (unpaired) electrons. The molecule has 2 aromatic carbocycles. The summed E-state index contributed by atoms with van der Waals surface area (Å²) in [6.07, 6.45) is -4.70. The van der Waals surface area contributed by atoms with Crippen LogP contribution in [0, 0.1) is 5.82 Å². The van der Waals surface area contributed by atoms with E-state index < -0.39 is 35.1 Å². The van der Waals surface area contributed by atoms with Gasteiger partial charge in [0.05, 0.1) is 23.9 Å². The fraction of sp³-hybridized carbons (Fsp3) is 0.125. The molecule has 0 atom stereocenters. The Balaban J connectivity index is 2.40. The van der Waals surface area contributed by atoms with E-state index in [1.54, 1.807) is 0 Å². The maximum atomic E-state index is 13.7. The summed E-state index contributed by atoms with van der Waals surface area (Å²) in [6.45, 7) is 0. The number of carbonyl (C=O) groups excluding carboxylic acids is 2. The summed E-state index contributed by atoms with van der Waals surface area (Å²) in [7, 11) is 1.25. The van der Waals surface area contributed by atoms with Gasteiger partial charge in [0.15, 0.2) is 0 Å². The van der Waals surface area contributed by atoms with Crippen LogP contribution in [0.4, 0.5) is 23.2 Å². The van der Waals surface area contributed by atoms with E-state index in [-0.39, 0.29) is 16.9 Å².